The molecule has 2 rings (SSSR count). The molecule has 7 heteroatoms. The second-order valence-corrected chi connectivity index (χ2v) is 3.96. The van der Waals surface area contributed by atoms with E-state index >= 15 is 0 Å². The summed E-state index contributed by atoms with van der Waals surface area (Å²) in [6, 6.07) is 6.70. The zero-order valence-electron chi connectivity index (χ0n) is 10.2. The molecular formula is C13H11NO6. The van der Waals surface area contributed by atoms with Crippen LogP contribution in [0.3, 0.4) is 0 Å². The molecule has 2 aromatic rings. The number of anilines is 1. The third kappa shape index (κ3) is 2.89. The lowest BCUT2D eigenvalue weighted by atomic mass is 10.2. The summed E-state index contributed by atoms with van der Waals surface area (Å²) >= 11 is 0. The van der Waals surface area contributed by atoms with Crippen molar-refractivity contribution >= 4 is 17.6 Å². The van der Waals surface area contributed by atoms with Gasteiger partial charge in [-0.15, -0.1) is 0 Å². The van der Waals surface area contributed by atoms with Gasteiger partial charge in [-0.1, -0.05) is 0 Å². The molecular weight excluding hydrogens is 266 g/mol. The molecule has 0 aliphatic heterocycles. The number of aromatic carboxylic acids is 2. The molecule has 1 aromatic carbocycles. The van der Waals surface area contributed by atoms with Crippen LogP contribution in [-0.2, 0) is 6.54 Å². The average molecular weight is 277 g/mol. The molecule has 0 aliphatic carbocycles. The van der Waals surface area contributed by atoms with Crippen LogP contribution in [0.5, 0.6) is 5.75 Å². The fourth-order valence-corrected chi connectivity index (χ4v) is 1.58. The lowest BCUT2D eigenvalue weighted by molar-refractivity contribution is 0.0658. The number of carboxylic acids is 2. The number of carbonyl (C=O) groups is 2. The number of phenolic OH excluding ortho intramolecular Hbond substituents is 1. The average Bonchev–Trinajstić information content (AvgIpc) is 2.86. The molecule has 4 N–H and O–H groups in total. The first kappa shape index (κ1) is 13.5. The van der Waals surface area contributed by atoms with Crippen molar-refractivity contribution in [1.29, 1.82) is 0 Å². The third-order valence-corrected chi connectivity index (χ3v) is 2.57. The van der Waals surface area contributed by atoms with Crippen LogP contribution in [0.1, 0.15) is 26.7 Å². The fraction of sp³-hybridized carbons (Fsp3) is 0.0769. The van der Waals surface area contributed by atoms with Gasteiger partial charge in [-0.25, -0.2) is 9.59 Å². The Morgan fingerprint density at radius 3 is 2.40 bits per heavy atom. The maximum Gasteiger partial charge on any atom is 0.371 e. The number of carboxylic acid groups (broad SMARTS) is 2. The minimum atomic E-state index is -1.16. The minimum absolute atomic E-state index is 0.0285. The zero-order chi connectivity index (χ0) is 14.7. The quantitative estimate of drug-likeness (QED) is 0.617. The monoisotopic (exact) mass is 277 g/mol. The van der Waals surface area contributed by atoms with Gasteiger partial charge in [-0.05, 0) is 30.3 Å². The molecule has 1 heterocycles. The molecule has 0 aliphatic rings. The van der Waals surface area contributed by atoms with Gasteiger partial charge in [0.1, 0.15) is 11.5 Å². The summed E-state index contributed by atoms with van der Waals surface area (Å²) in [5.41, 5.74) is 0.294. The summed E-state index contributed by atoms with van der Waals surface area (Å²) in [4.78, 5) is 21.3. The molecule has 0 amide bonds. The molecule has 1 aromatic heterocycles. The molecule has 7 nitrogen and oxygen atoms in total. The van der Waals surface area contributed by atoms with Crippen LogP contribution in [-0.4, -0.2) is 27.3 Å². The second-order valence-electron chi connectivity index (χ2n) is 3.96. The SMILES string of the molecule is O=C(O)c1ccc(NCc2ccc(C(=O)O)o2)c(O)c1. The van der Waals surface area contributed by atoms with E-state index in [4.69, 9.17) is 14.6 Å². The topological polar surface area (TPSA) is 120 Å². The van der Waals surface area contributed by atoms with E-state index < -0.39 is 11.9 Å². The van der Waals surface area contributed by atoms with E-state index in [1.54, 1.807) is 0 Å². The van der Waals surface area contributed by atoms with Crippen LogP contribution in [0.25, 0.3) is 0 Å². The van der Waals surface area contributed by atoms with Crippen molar-refractivity contribution < 1.29 is 29.3 Å². The van der Waals surface area contributed by atoms with E-state index in [0.717, 1.165) is 6.07 Å². The van der Waals surface area contributed by atoms with E-state index in [-0.39, 0.29) is 23.6 Å². The Balaban J connectivity index is 2.06. The molecule has 20 heavy (non-hydrogen) atoms. The van der Waals surface area contributed by atoms with Gasteiger partial charge < -0.3 is 25.1 Å². The van der Waals surface area contributed by atoms with Gasteiger partial charge in [-0.2, -0.15) is 0 Å². The molecule has 0 bridgehead atoms. The van der Waals surface area contributed by atoms with Crippen molar-refractivity contribution in [2.75, 3.05) is 5.32 Å². The molecule has 0 unspecified atom stereocenters. The summed E-state index contributed by atoms with van der Waals surface area (Å²) in [5.74, 6) is -2.31. The van der Waals surface area contributed by atoms with Gasteiger partial charge in [0.25, 0.3) is 0 Å². The largest absolute Gasteiger partial charge is 0.506 e. The van der Waals surface area contributed by atoms with Crippen molar-refractivity contribution in [2.45, 2.75) is 6.54 Å². The van der Waals surface area contributed by atoms with E-state index in [0.29, 0.717) is 11.4 Å². The maximum absolute atomic E-state index is 10.7. The minimum Gasteiger partial charge on any atom is -0.506 e. The molecule has 0 radical (unpaired) electrons. The van der Waals surface area contributed by atoms with Crippen molar-refractivity contribution in [3.63, 3.8) is 0 Å². The van der Waals surface area contributed by atoms with Crippen LogP contribution in [0.4, 0.5) is 5.69 Å². The maximum atomic E-state index is 10.7. The first-order valence-corrected chi connectivity index (χ1v) is 5.59. The van der Waals surface area contributed by atoms with Crippen LogP contribution >= 0.6 is 0 Å². The number of rotatable bonds is 5. The standard InChI is InChI=1S/C13H11NO6/c15-10-5-7(12(16)17)1-3-9(10)14-6-8-2-4-11(20-8)13(18)19/h1-5,14-15H,6H2,(H,16,17)(H,18,19). The molecule has 104 valence electrons. The Kier molecular flexibility index (Phi) is 3.60. The van der Waals surface area contributed by atoms with Crippen LogP contribution < -0.4 is 5.32 Å². The van der Waals surface area contributed by atoms with E-state index in [9.17, 15) is 14.7 Å². The van der Waals surface area contributed by atoms with Crippen molar-refractivity contribution in [3.05, 3.63) is 47.4 Å². The first-order chi connectivity index (χ1) is 9.47. The highest BCUT2D eigenvalue weighted by molar-refractivity contribution is 5.89. The summed E-state index contributed by atoms with van der Waals surface area (Å²) in [7, 11) is 0. The Labute approximate surface area is 113 Å². The van der Waals surface area contributed by atoms with Gasteiger partial charge in [0.15, 0.2) is 0 Å². The predicted molar refractivity (Wildman–Crippen MR) is 68.1 cm³/mol. The second kappa shape index (κ2) is 5.35. The van der Waals surface area contributed by atoms with Crippen molar-refractivity contribution in [2.24, 2.45) is 0 Å². The van der Waals surface area contributed by atoms with Crippen molar-refractivity contribution in [3.8, 4) is 5.75 Å². The number of hydrogen-bond donors (Lipinski definition) is 4. The zero-order valence-corrected chi connectivity index (χ0v) is 10.2. The van der Waals surface area contributed by atoms with E-state index in [2.05, 4.69) is 5.32 Å². The molecule has 0 saturated carbocycles. The van der Waals surface area contributed by atoms with Gasteiger partial charge in [0.05, 0.1) is 17.8 Å². The van der Waals surface area contributed by atoms with Crippen LogP contribution in [0.15, 0.2) is 34.7 Å². The van der Waals surface area contributed by atoms with Gasteiger partial charge in [0.2, 0.25) is 5.76 Å². The van der Waals surface area contributed by atoms with Crippen LogP contribution in [0.2, 0.25) is 0 Å². The molecule has 0 fully saturated rings. The Hall–Kier alpha value is -2.96. The fourth-order valence-electron chi connectivity index (χ4n) is 1.58. The van der Waals surface area contributed by atoms with Gasteiger partial charge >= 0.3 is 11.9 Å². The number of benzene rings is 1. The van der Waals surface area contributed by atoms with Crippen LogP contribution in [0, 0.1) is 0 Å². The van der Waals surface area contributed by atoms with E-state index in [1.165, 1.54) is 24.3 Å². The van der Waals surface area contributed by atoms with E-state index in [1.807, 2.05) is 0 Å². The highest BCUT2D eigenvalue weighted by atomic mass is 16.4. The number of furan rings is 1. The first-order valence-electron chi connectivity index (χ1n) is 5.59. The third-order valence-electron chi connectivity index (χ3n) is 2.57. The molecule has 0 atom stereocenters. The Morgan fingerprint density at radius 1 is 1.10 bits per heavy atom. The highest BCUT2D eigenvalue weighted by Crippen LogP contribution is 2.25. The number of hydrogen-bond acceptors (Lipinski definition) is 5. The lowest BCUT2D eigenvalue weighted by Gasteiger charge is -2.07. The van der Waals surface area contributed by atoms with Gasteiger partial charge in [-0.3, -0.25) is 0 Å². The molecule has 0 saturated heterocycles. The Morgan fingerprint density at radius 2 is 1.85 bits per heavy atom. The lowest BCUT2D eigenvalue weighted by Crippen LogP contribution is -2.01. The predicted octanol–water partition coefficient (Wildman–Crippen LogP) is 1.99. The number of phenols is 1. The summed E-state index contributed by atoms with van der Waals surface area (Å²) < 4.78 is 5.03. The number of aromatic hydroxyl groups is 1. The smallest absolute Gasteiger partial charge is 0.371 e. The van der Waals surface area contributed by atoms with Gasteiger partial charge in [0, 0.05) is 0 Å². The number of nitrogens with one attached hydrogen (secondary N) is 1. The van der Waals surface area contributed by atoms with Crippen molar-refractivity contribution in [1.82, 2.24) is 0 Å². The normalized spacial score (nSPS) is 10.2. The summed E-state index contributed by atoms with van der Waals surface area (Å²) in [6.45, 7) is 0.160. The summed E-state index contributed by atoms with van der Waals surface area (Å²) in [5, 5.41) is 29.9. The Bertz CT molecular complexity index is 661. The highest BCUT2D eigenvalue weighted by Gasteiger charge is 2.10. The summed E-state index contributed by atoms with van der Waals surface area (Å²) in [6.07, 6.45) is 0. The molecule has 0 spiro atoms.